The van der Waals surface area contributed by atoms with Crippen molar-refractivity contribution in [3.63, 3.8) is 0 Å². The van der Waals surface area contributed by atoms with Gasteiger partial charge >= 0.3 is 106 Å². The van der Waals surface area contributed by atoms with E-state index in [2.05, 4.69) is 0 Å². The number of carbonyl (C=O) groups is 2. The van der Waals surface area contributed by atoms with E-state index in [-0.39, 0.29) is 106 Å². The number of aliphatic carboxylic acids is 2. The minimum atomic E-state index is -5.39. The van der Waals surface area contributed by atoms with Crippen LogP contribution in [0.15, 0.2) is 0 Å². The summed E-state index contributed by atoms with van der Waals surface area (Å²) < 4.78 is 8.55. The number of hydrogen-bond donors (Lipinski definition) is 10. The van der Waals surface area contributed by atoms with Crippen LogP contribution in [0.2, 0.25) is 0 Å². The molecule has 197 valence electrons. The van der Waals surface area contributed by atoms with E-state index in [1.54, 1.807) is 0 Å². The van der Waals surface area contributed by atoms with Crippen LogP contribution in [0.25, 0.3) is 0 Å². The van der Waals surface area contributed by atoms with E-state index < -0.39 is 81.8 Å². The maximum Gasteiger partial charge on any atom is 2.00 e. The Kier molecular flexibility index (Phi) is 42.3. The molecule has 35 heavy (non-hydrogen) atoms. The van der Waals surface area contributed by atoms with Crippen LogP contribution in [0.4, 0.5) is 0 Å². The number of phosphoric acid groups is 1. The van der Waals surface area contributed by atoms with Gasteiger partial charge < -0.3 is 90.1 Å². The van der Waals surface area contributed by atoms with E-state index in [0.717, 1.165) is 0 Å². The molecular formula is C12H22CuNa3O18P. The van der Waals surface area contributed by atoms with E-state index >= 15 is 0 Å². The zero-order chi connectivity index (χ0) is 25.7. The molecule has 0 rings (SSSR count). The number of aliphatic hydroxyl groups is 10. The topological polar surface area (TPSA) is 369 Å². The van der Waals surface area contributed by atoms with Crippen molar-refractivity contribution in [3.8, 4) is 0 Å². The summed E-state index contributed by atoms with van der Waals surface area (Å²) in [7, 11) is -5.39. The van der Waals surface area contributed by atoms with Gasteiger partial charge in [-0.1, -0.05) is 0 Å². The van der Waals surface area contributed by atoms with Crippen molar-refractivity contribution in [1.29, 1.82) is 0 Å². The maximum absolute atomic E-state index is 9.98. The summed E-state index contributed by atoms with van der Waals surface area (Å²) in [5, 5.41) is 107. The summed E-state index contributed by atoms with van der Waals surface area (Å²) in [4.78, 5) is 45.6. The van der Waals surface area contributed by atoms with Crippen LogP contribution in [-0.4, -0.2) is 125 Å². The molecule has 0 saturated heterocycles. The summed E-state index contributed by atoms with van der Waals surface area (Å²) in [5.41, 5.74) is 0. The molecular weight excluding hydrogens is 596 g/mol. The van der Waals surface area contributed by atoms with Gasteiger partial charge in [0, 0.05) is 0 Å². The fraction of sp³-hybridized carbons (Fsp3) is 0.833. The third-order valence-electron chi connectivity index (χ3n) is 2.99. The molecule has 0 fully saturated rings. The SMILES string of the molecule is O=C([O-])[C@H](O)[C@@H](O)[C@H](O)[C@H](O)CO.O=C([O-])[C@H](O)[C@@H](O)[C@H](O)[C@H](O)CO.O=P([O-])([O-])[O-].[Cu+2].[Na+].[Na+].[Na+]. The standard InChI is InChI=1S/2C6H12O7.Cu.3Na.H3O4P/c2*7-1-2(8)3(9)4(10)5(11)6(12)13;;;;;1-5(2,3)4/h2*2-5,7-11H,1H2,(H,12,13);;;;;(H3,1,2,3,4)/q;;+2;3*+1;/p-5/t2*2-,3-,4+,5-;;;;;/m11...../s1. The Morgan fingerprint density at radius 3 is 0.886 bits per heavy atom. The van der Waals surface area contributed by atoms with Crippen molar-refractivity contribution in [3.05, 3.63) is 0 Å². The van der Waals surface area contributed by atoms with Gasteiger partial charge in [-0.3, -0.25) is 0 Å². The Morgan fingerprint density at radius 1 is 0.600 bits per heavy atom. The third kappa shape index (κ3) is 29.0. The molecule has 0 heterocycles. The van der Waals surface area contributed by atoms with Gasteiger partial charge in [0.25, 0.3) is 0 Å². The Labute approximate surface area is 274 Å². The first-order valence-corrected chi connectivity index (χ1v) is 9.10. The van der Waals surface area contributed by atoms with Gasteiger partial charge in [0.05, 0.1) is 25.2 Å². The Morgan fingerprint density at radius 2 is 0.771 bits per heavy atom. The summed E-state index contributed by atoms with van der Waals surface area (Å²) in [6.07, 6.45) is -16.2. The van der Waals surface area contributed by atoms with Gasteiger partial charge in [0.15, 0.2) is 0 Å². The second kappa shape index (κ2) is 27.7. The normalized spacial score (nSPS) is 16.8. The zero-order valence-corrected chi connectivity index (χ0v) is 26.4. The molecule has 0 bridgehead atoms. The van der Waals surface area contributed by atoms with E-state index in [0.29, 0.717) is 0 Å². The van der Waals surface area contributed by atoms with Gasteiger partial charge in [-0.15, -0.1) is 0 Å². The predicted octanol–water partition coefficient (Wildman–Crippen LogP) is -21.5. The number of rotatable bonds is 10. The second-order valence-electron chi connectivity index (χ2n) is 5.44. The first kappa shape index (κ1) is 53.4. The molecule has 0 aromatic rings. The van der Waals surface area contributed by atoms with Crippen LogP contribution >= 0.6 is 7.82 Å². The Bertz CT molecular complexity index is 527. The third-order valence-corrected chi connectivity index (χ3v) is 2.99. The van der Waals surface area contributed by atoms with Crippen LogP contribution in [0, 0.1) is 0 Å². The molecule has 8 atom stereocenters. The van der Waals surface area contributed by atoms with Gasteiger partial charge in [0.2, 0.25) is 0 Å². The Balaban J connectivity index is -0.0000000686. The minimum absolute atomic E-state index is 0. The molecule has 10 N–H and O–H groups in total. The second-order valence-corrected chi connectivity index (χ2v) is 6.33. The predicted molar refractivity (Wildman–Crippen MR) is 79.8 cm³/mol. The van der Waals surface area contributed by atoms with Gasteiger partial charge in [-0.25, -0.2) is 0 Å². The van der Waals surface area contributed by atoms with E-state index in [1.165, 1.54) is 0 Å². The molecule has 18 nitrogen and oxygen atoms in total. The Hall–Kier alpha value is 2.17. The van der Waals surface area contributed by atoms with E-state index in [9.17, 15) is 19.8 Å². The van der Waals surface area contributed by atoms with Gasteiger partial charge in [0.1, 0.15) is 48.8 Å². The zero-order valence-electron chi connectivity index (χ0n) is 18.5. The first-order valence-electron chi connectivity index (χ1n) is 7.64. The van der Waals surface area contributed by atoms with Crippen molar-refractivity contribution in [1.82, 2.24) is 0 Å². The fourth-order valence-electron chi connectivity index (χ4n) is 1.32. The minimum Gasteiger partial charge on any atom is -0.822 e. The quantitative estimate of drug-likeness (QED) is 0.0802. The maximum atomic E-state index is 9.98. The number of carbonyl (C=O) groups excluding carboxylic acids is 2. The van der Waals surface area contributed by atoms with Crippen LogP contribution in [0.3, 0.4) is 0 Å². The molecule has 0 spiro atoms. The molecule has 0 unspecified atom stereocenters. The summed E-state index contributed by atoms with van der Waals surface area (Å²) in [5.74, 6) is -3.95. The van der Waals surface area contributed by atoms with Crippen LogP contribution in [0.1, 0.15) is 0 Å². The molecule has 0 aromatic heterocycles. The fourth-order valence-corrected chi connectivity index (χ4v) is 1.32. The molecule has 23 heteroatoms. The van der Waals surface area contributed by atoms with Crippen molar-refractivity contribution < 1.29 is 196 Å². The van der Waals surface area contributed by atoms with Crippen molar-refractivity contribution in [2.24, 2.45) is 0 Å². The summed E-state index contributed by atoms with van der Waals surface area (Å²) in [6.45, 7) is -1.73. The average Bonchev–Trinajstić information content (AvgIpc) is 2.67. The molecule has 0 aliphatic carbocycles. The monoisotopic (exact) mass is 617 g/mol. The van der Waals surface area contributed by atoms with E-state index in [1.807, 2.05) is 0 Å². The number of hydrogen-bond acceptors (Lipinski definition) is 18. The number of carboxylic acids is 2. The molecule has 0 amide bonds. The van der Waals surface area contributed by atoms with Crippen LogP contribution in [0.5, 0.6) is 0 Å². The van der Waals surface area contributed by atoms with Gasteiger partial charge in [-0.05, 0) is 0 Å². The van der Waals surface area contributed by atoms with E-state index in [4.69, 9.17) is 70.3 Å². The van der Waals surface area contributed by atoms with Crippen LogP contribution < -0.4 is 114 Å². The number of aliphatic hydroxyl groups excluding tert-OH is 10. The van der Waals surface area contributed by atoms with Crippen molar-refractivity contribution in [2.75, 3.05) is 13.2 Å². The van der Waals surface area contributed by atoms with Crippen LogP contribution in [-0.2, 0) is 31.2 Å². The molecule has 0 aliphatic rings. The summed E-state index contributed by atoms with van der Waals surface area (Å²) >= 11 is 0. The largest absolute Gasteiger partial charge is 2.00 e. The molecule has 0 aromatic carbocycles. The molecule has 0 aliphatic heterocycles. The molecule has 1 radical (unpaired) electrons. The van der Waals surface area contributed by atoms with Crippen molar-refractivity contribution >= 4 is 19.8 Å². The summed E-state index contributed by atoms with van der Waals surface area (Å²) in [6, 6.07) is 0. The first-order chi connectivity index (χ1) is 13.8. The smallest absolute Gasteiger partial charge is 0.822 e. The molecule has 0 saturated carbocycles. The van der Waals surface area contributed by atoms with Crippen molar-refractivity contribution in [2.45, 2.75) is 48.8 Å². The average molecular weight is 618 g/mol. The number of carboxylic acid groups (broad SMARTS) is 2. The van der Waals surface area contributed by atoms with Gasteiger partial charge in [-0.2, -0.15) is 7.82 Å².